The summed E-state index contributed by atoms with van der Waals surface area (Å²) in [5.41, 5.74) is 6.45. The Morgan fingerprint density at radius 2 is 1.34 bits per heavy atom. The molecule has 4 fully saturated rings. The van der Waals surface area contributed by atoms with Crippen LogP contribution in [0.1, 0.15) is 113 Å². The second kappa shape index (κ2) is 19.8. The number of methoxy groups -OCH3 is 1. The van der Waals surface area contributed by atoms with E-state index < -0.39 is 18.2 Å². The number of hydrogen-bond donors (Lipinski definition) is 4. The summed E-state index contributed by atoms with van der Waals surface area (Å²) >= 11 is 0. The minimum atomic E-state index is -0.793. The quantitative estimate of drug-likeness (QED) is 0.0786. The number of alkyl carbamates (subject to hydrolysis) is 1. The number of aromatic nitrogens is 4. The Hall–Kier alpha value is -6.80. The van der Waals surface area contributed by atoms with Crippen molar-refractivity contribution in [3.63, 3.8) is 0 Å². The van der Waals surface area contributed by atoms with Crippen molar-refractivity contribution < 1.29 is 28.7 Å². The average Bonchev–Trinajstić information content (AvgIpc) is 3.96. The standard InChI is InChI=1S/C57H64N8O6/c1-4-33(2)48(63-57(69)70-3)55(67)64-26-10-15-46(64)52-58-44-24-20-40-28-38(18-22-42(40)50(44)60-52)39-19-23-43-41(29-39)21-25-45-51(43)61-53(59-45)47-27-35(32-71-31-34-11-8-9-12-34)30-65(47)56(68)49(36-13-6-5-7-14-36)62-54(66)37-16-17-37/h5-7,13-14,18-25,28-29,33-35,37,46-49H,4,8-12,15-17,26-27,30-32H2,1-3H3,(H,58,60)(H,59,61)(H,62,66)(H,63,69)/t33-,35-,46-,47-,48-,49+/m0/s1. The number of amides is 4. The minimum absolute atomic E-state index is 0.0320. The van der Waals surface area contributed by atoms with Crippen molar-refractivity contribution >= 4 is 67.4 Å². The van der Waals surface area contributed by atoms with Gasteiger partial charge in [-0.15, -0.1) is 0 Å². The number of carbonyl (C=O) groups excluding carboxylic acids is 4. The smallest absolute Gasteiger partial charge is 0.407 e. The van der Waals surface area contributed by atoms with Gasteiger partial charge in [-0.1, -0.05) is 99.8 Å². The Balaban J connectivity index is 0.857. The van der Waals surface area contributed by atoms with Gasteiger partial charge in [0.15, 0.2) is 0 Å². The van der Waals surface area contributed by atoms with Crippen molar-refractivity contribution in [2.24, 2.45) is 23.7 Å². The van der Waals surface area contributed by atoms with Crippen LogP contribution in [-0.4, -0.2) is 93.0 Å². The molecule has 4 amide bonds. The molecule has 0 spiro atoms. The Bertz CT molecular complexity index is 3120. The molecular weight excluding hydrogens is 893 g/mol. The summed E-state index contributed by atoms with van der Waals surface area (Å²) in [6.45, 7) is 6.43. The van der Waals surface area contributed by atoms with Crippen molar-refractivity contribution in [3.05, 3.63) is 108 Å². The molecule has 11 rings (SSSR count). The molecule has 14 heteroatoms. The van der Waals surface area contributed by atoms with Gasteiger partial charge in [-0.25, -0.2) is 14.8 Å². The molecule has 2 aromatic heterocycles. The zero-order chi connectivity index (χ0) is 48.8. The van der Waals surface area contributed by atoms with Gasteiger partial charge >= 0.3 is 6.09 Å². The summed E-state index contributed by atoms with van der Waals surface area (Å²) in [5, 5.41) is 10.1. The van der Waals surface area contributed by atoms with Crippen LogP contribution in [0.25, 0.3) is 54.7 Å². The summed E-state index contributed by atoms with van der Waals surface area (Å²) in [7, 11) is 1.31. The zero-order valence-corrected chi connectivity index (χ0v) is 40.9. The molecule has 7 aromatic rings. The second-order valence-corrected chi connectivity index (χ2v) is 20.6. The van der Waals surface area contributed by atoms with E-state index in [1.165, 1.54) is 32.8 Å². The van der Waals surface area contributed by atoms with Gasteiger partial charge in [-0.2, -0.15) is 0 Å². The zero-order valence-electron chi connectivity index (χ0n) is 40.9. The lowest BCUT2D eigenvalue weighted by molar-refractivity contribution is -0.138. The van der Waals surface area contributed by atoms with Gasteiger partial charge in [0.05, 0.1) is 47.9 Å². The van der Waals surface area contributed by atoms with Gasteiger partial charge < -0.3 is 39.9 Å². The topological polar surface area (TPSA) is 175 Å². The molecule has 2 aliphatic heterocycles. The largest absolute Gasteiger partial charge is 0.453 e. The van der Waals surface area contributed by atoms with Crippen molar-refractivity contribution in [3.8, 4) is 11.1 Å². The molecular formula is C57H64N8O6. The lowest BCUT2D eigenvalue weighted by Crippen LogP contribution is -2.51. The highest BCUT2D eigenvalue weighted by atomic mass is 16.5. The van der Waals surface area contributed by atoms with E-state index in [-0.39, 0.29) is 47.6 Å². The van der Waals surface area contributed by atoms with Crippen molar-refractivity contribution in [1.29, 1.82) is 0 Å². The summed E-state index contributed by atoms with van der Waals surface area (Å²) in [6.07, 6.45) is 9.13. The molecule has 0 bridgehead atoms. The molecule has 2 saturated heterocycles. The van der Waals surface area contributed by atoms with Crippen LogP contribution in [0.3, 0.4) is 0 Å². The lowest BCUT2D eigenvalue weighted by Gasteiger charge is -2.30. The first kappa shape index (κ1) is 46.6. The third-order valence-corrected chi connectivity index (χ3v) is 15.9. The second-order valence-electron chi connectivity index (χ2n) is 20.6. The molecule has 0 unspecified atom stereocenters. The first-order valence-corrected chi connectivity index (χ1v) is 25.9. The number of nitrogens with one attached hydrogen (secondary N) is 4. The molecule has 4 N–H and O–H groups in total. The highest BCUT2D eigenvalue weighted by Gasteiger charge is 2.43. The number of benzene rings is 5. The molecule has 2 aliphatic carbocycles. The number of fused-ring (bicyclic) bond motifs is 6. The third-order valence-electron chi connectivity index (χ3n) is 15.9. The fraction of sp³-hybridized carbons (Fsp3) is 0.439. The molecule has 2 saturated carbocycles. The molecule has 368 valence electrons. The van der Waals surface area contributed by atoms with E-state index in [1.54, 1.807) is 0 Å². The maximum absolute atomic E-state index is 14.9. The van der Waals surface area contributed by atoms with Crippen LogP contribution in [0.15, 0.2) is 91.0 Å². The summed E-state index contributed by atoms with van der Waals surface area (Å²) in [5.74, 6) is 1.82. The Morgan fingerprint density at radius 3 is 1.96 bits per heavy atom. The number of ether oxygens (including phenoxy) is 2. The fourth-order valence-corrected chi connectivity index (χ4v) is 11.5. The predicted molar refractivity (Wildman–Crippen MR) is 274 cm³/mol. The Kier molecular flexibility index (Phi) is 13.0. The monoisotopic (exact) mass is 956 g/mol. The van der Waals surface area contributed by atoms with E-state index in [2.05, 4.69) is 75.2 Å². The van der Waals surface area contributed by atoms with Crippen LogP contribution >= 0.6 is 0 Å². The van der Waals surface area contributed by atoms with Crippen LogP contribution in [0, 0.1) is 23.7 Å². The lowest BCUT2D eigenvalue weighted by atomic mass is 9.97. The van der Waals surface area contributed by atoms with Crippen molar-refractivity contribution in [1.82, 2.24) is 40.4 Å². The summed E-state index contributed by atoms with van der Waals surface area (Å²) in [6, 6.07) is 28.9. The van der Waals surface area contributed by atoms with E-state index in [0.717, 1.165) is 111 Å². The highest BCUT2D eigenvalue weighted by molar-refractivity contribution is 6.07. The van der Waals surface area contributed by atoms with Gasteiger partial charge in [0, 0.05) is 42.3 Å². The molecule has 0 radical (unpaired) electrons. The minimum Gasteiger partial charge on any atom is -0.453 e. The maximum Gasteiger partial charge on any atom is 0.407 e. The number of aromatic amines is 2. The van der Waals surface area contributed by atoms with E-state index >= 15 is 0 Å². The predicted octanol–water partition coefficient (Wildman–Crippen LogP) is 10.2. The molecule has 71 heavy (non-hydrogen) atoms. The maximum atomic E-state index is 14.9. The van der Waals surface area contributed by atoms with Gasteiger partial charge in [0.1, 0.15) is 23.7 Å². The van der Waals surface area contributed by atoms with Gasteiger partial charge in [-0.05, 0) is 109 Å². The average molecular weight is 957 g/mol. The number of imidazole rings is 2. The fourth-order valence-electron chi connectivity index (χ4n) is 11.5. The van der Waals surface area contributed by atoms with E-state index in [0.29, 0.717) is 32.0 Å². The van der Waals surface area contributed by atoms with Gasteiger partial charge in [-0.3, -0.25) is 14.4 Å². The van der Waals surface area contributed by atoms with Crippen LogP contribution < -0.4 is 10.6 Å². The normalized spacial score (nSPS) is 20.8. The Morgan fingerprint density at radius 1 is 0.704 bits per heavy atom. The van der Waals surface area contributed by atoms with Crippen molar-refractivity contribution in [2.45, 2.75) is 102 Å². The Labute approximate surface area is 413 Å². The number of nitrogens with zero attached hydrogens (tertiary/aromatic N) is 4. The number of carbonyl (C=O) groups is 4. The van der Waals surface area contributed by atoms with Gasteiger partial charge in [0.25, 0.3) is 0 Å². The van der Waals surface area contributed by atoms with E-state index in [4.69, 9.17) is 19.4 Å². The first-order valence-electron chi connectivity index (χ1n) is 25.9. The highest BCUT2D eigenvalue weighted by Crippen LogP contribution is 2.41. The summed E-state index contributed by atoms with van der Waals surface area (Å²) < 4.78 is 11.2. The van der Waals surface area contributed by atoms with Crippen LogP contribution in [0.5, 0.6) is 0 Å². The summed E-state index contributed by atoms with van der Waals surface area (Å²) in [4.78, 5) is 75.6. The first-order chi connectivity index (χ1) is 34.6. The molecule has 6 atom stereocenters. The molecule has 4 heterocycles. The van der Waals surface area contributed by atoms with E-state index in [9.17, 15) is 19.2 Å². The van der Waals surface area contributed by atoms with E-state index in [1.807, 2.05) is 60.0 Å². The number of H-pyrrole nitrogens is 2. The third kappa shape index (κ3) is 9.34. The van der Waals surface area contributed by atoms with Crippen LogP contribution in [-0.2, 0) is 23.9 Å². The van der Waals surface area contributed by atoms with Crippen molar-refractivity contribution in [2.75, 3.05) is 33.4 Å². The number of likely N-dealkylation sites (tertiary alicyclic amines) is 2. The van der Waals surface area contributed by atoms with Crippen LogP contribution in [0.4, 0.5) is 4.79 Å². The van der Waals surface area contributed by atoms with Crippen LogP contribution in [0.2, 0.25) is 0 Å². The number of rotatable bonds is 15. The van der Waals surface area contributed by atoms with Gasteiger partial charge in [0.2, 0.25) is 17.7 Å². The number of hydrogen-bond acceptors (Lipinski definition) is 8. The SMILES string of the molecule is CC[C@H](C)[C@H](NC(=O)OC)C(=O)N1CCC[C@H]1c1nc2ccc3cc(-c4ccc5c(ccc6nc([C@@H]7C[C@H](COCC8CCCC8)CN7C(=O)[C@H](NC(=O)C7CC7)c7ccccc7)[nH]c65)c4)ccc3c2[nH]1. The molecule has 14 nitrogen and oxygen atoms in total. The molecule has 4 aliphatic rings. The molecule has 5 aromatic carbocycles.